The van der Waals surface area contributed by atoms with Gasteiger partial charge in [0.25, 0.3) is 11.1 Å². The van der Waals surface area contributed by atoms with Crippen LogP contribution in [0.3, 0.4) is 0 Å². The number of amides is 3. The highest BCUT2D eigenvalue weighted by molar-refractivity contribution is 8.18. The van der Waals surface area contributed by atoms with Crippen molar-refractivity contribution in [2.45, 2.75) is 13.5 Å². The van der Waals surface area contributed by atoms with Gasteiger partial charge in [-0.15, -0.1) is 0 Å². The summed E-state index contributed by atoms with van der Waals surface area (Å²) in [6.45, 7) is 1.72. The van der Waals surface area contributed by atoms with Gasteiger partial charge in [-0.1, -0.05) is 23.7 Å². The van der Waals surface area contributed by atoms with E-state index in [1.54, 1.807) is 31.2 Å². The van der Waals surface area contributed by atoms with Gasteiger partial charge >= 0.3 is 0 Å². The third-order valence-electron chi connectivity index (χ3n) is 5.23. The molecule has 1 fully saturated rings. The zero-order valence-corrected chi connectivity index (χ0v) is 21.6. The van der Waals surface area contributed by atoms with Crippen LogP contribution >= 0.6 is 23.4 Å². The molecule has 4 rings (SSSR count). The van der Waals surface area contributed by atoms with Gasteiger partial charge in [0.1, 0.15) is 24.8 Å². The Bertz CT molecular complexity index is 1400. The van der Waals surface area contributed by atoms with Crippen LogP contribution in [0.25, 0.3) is 6.08 Å². The minimum absolute atomic E-state index is 0.100. The number of ether oxygens (including phenoxy) is 2. The van der Waals surface area contributed by atoms with Gasteiger partial charge in [-0.3, -0.25) is 19.3 Å². The molecule has 0 aliphatic carbocycles. The topological polar surface area (TPSA) is 84.9 Å². The third kappa shape index (κ3) is 6.70. The van der Waals surface area contributed by atoms with Crippen LogP contribution in [0, 0.1) is 11.6 Å². The standard InChI is InChI=1S/C27H21ClF2N2O5S/c1-2-36-22-12-17(11-21(28)25(22)37-15-16-3-5-18(29)6-4-16)13-23-26(34)32(27(35)38-23)14-24(33)31-20-9-7-19(30)8-10-20/h3-13H,2,14-15H2,1H3,(H,31,33)/b23-13-. The maximum atomic E-state index is 13.2. The number of rotatable bonds is 9. The molecule has 1 N–H and O–H groups in total. The lowest BCUT2D eigenvalue weighted by Crippen LogP contribution is -2.36. The van der Waals surface area contributed by atoms with Gasteiger partial charge in [-0.25, -0.2) is 8.78 Å². The molecule has 11 heteroatoms. The Balaban J connectivity index is 1.48. The molecule has 3 amide bonds. The molecule has 0 radical (unpaired) electrons. The highest BCUT2D eigenvalue weighted by atomic mass is 35.5. The van der Waals surface area contributed by atoms with Crippen LogP contribution < -0.4 is 14.8 Å². The second-order valence-corrected chi connectivity index (χ2v) is 9.40. The molecule has 1 aliphatic rings. The third-order valence-corrected chi connectivity index (χ3v) is 6.42. The Kier molecular flexibility index (Phi) is 8.65. The molecule has 1 aliphatic heterocycles. The number of thioether (sulfide) groups is 1. The van der Waals surface area contributed by atoms with Gasteiger partial charge < -0.3 is 14.8 Å². The largest absolute Gasteiger partial charge is 0.490 e. The fourth-order valence-corrected chi connectivity index (χ4v) is 4.59. The molecule has 1 saturated heterocycles. The molecule has 3 aromatic carbocycles. The molecular weight excluding hydrogens is 538 g/mol. The quantitative estimate of drug-likeness (QED) is 0.312. The van der Waals surface area contributed by atoms with Crippen molar-refractivity contribution in [2.24, 2.45) is 0 Å². The fourth-order valence-electron chi connectivity index (χ4n) is 3.48. The van der Waals surface area contributed by atoms with Gasteiger partial charge in [-0.05, 0) is 84.4 Å². The molecule has 7 nitrogen and oxygen atoms in total. The first-order valence-electron chi connectivity index (χ1n) is 11.4. The number of nitrogens with one attached hydrogen (secondary N) is 1. The summed E-state index contributed by atoms with van der Waals surface area (Å²) in [6, 6.07) is 14.1. The van der Waals surface area contributed by atoms with Gasteiger partial charge in [-0.2, -0.15) is 0 Å². The van der Waals surface area contributed by atoms with Crippen LogP contribution in [0.15, 0.2) is 65.6 Å². The first kappa shape index (κ1) is 27.2. The zero-order chi connectivity index (χ0) is 27.2. The number of carbonyl (C=O) groups excluding carboxylic acids is 3. The van der Waals surface area contributed by atoms with Crippen molar-refractivity contribution in [3.63, 3.8) is 0 Å². The maximum Gasteiger partial charge on any atom is 0.294 e. The molecule has 38 heavy (non-hydrogen) atoms. The van der Waals surface area contributed by atoms with Crippen molar-refractivity contribution in [3.8, 4) is 11.5 Å². The summed E-state index contributed by atoms with van der Waals surface area (Å²) in [5.41, 5.74) is 1.54. The number of halogens is 3. The first-order valence-corrected chi connectivity index (χ1v) is 12.6. The number of hydrogen-bond acceptors (Lipinski definition) is 6. The monoisotopic (exact) mass is 558 g/mol. The summed E-state index contributed by atoms with van der Waals surface area (Å²) in [4.78, 5) is 38.6. The van der Waals surface area contributed by atoms with Crippen LogP contribution in [0.2, 0.25) is 5.02 Å². The number of imide groups is 1. The number of benzene rings is 3. The van der Waals surface area contributed by atoms with E-state index < -0.39 is 29.4 Å². The average Bonchev–Trinajstić information content (AvgIpc) is 3.13. The van der Waals surface area contributed by atoms with E-state index in [0.717, 1.165) is 10.5 Å². The number of carbonyl (C=O) groups is 3. The van der Waals surface area contributed by atoms with E-state index in [2.05, 4.69) is 5.32 Å². The number of nitrogens with zero attached hydrogens (tertiary/aromatic N) is 1. The van der Waals surface area contributed by atoms with Crippen molar-refractivity contribution in [1.29, 1.82) is 0 Å². The van der Waals surface area contributed by atoms with E-state index in [9.17, 15) is 23.2 Å². The molecule has 1 heterocycles. The zero-order valence-electron chi connectivity index (χ0n) is 20.0. The van der Waals surface area contributed by atoms with Gasteiger partial charge in [0.15, 0.2) is 11.5 Å². The lowest BCUT2D eigenvalue weighted by atomic mass is 10.1. The summed E-state index contributed by atoms with van der Waals surface area (Å²) < 4.78 is 37.7. The summed E-state index contributed by atoms with van der Waals surface area (Å²) in [7, 11) is 0. The molecule has 0 saturated carbocycles. The fraction of sp³-hybridized carbons (Fsp3) is 0.148. The predicted octanol–water partition coefficient (Wildman–Crippen LogP) is 6.27. The molecule has 0 atom stereocenters. The smallest absolute Gasteiger partial charge is 0.294 e. The number of hydrogen-bond donors (Lipinski definition) is 1. The predicted molar refractivity (Wildman–Crippen MR) is 141 cm³/mol. The normalized spacial score (nSPS) is 14.2. The first-order chi connectivity index (χ1) is 18.2. The van der Waals surface area contributed by atoms with Crippen molar-refractivity contribution in [1.82, 2.24) is 4.90 Å². The van der Waals surface area contributed by atoms with Gasteiger partial charge in [0, 0.05) is 5.69 Å². The van der Waals surface area contributed by atoms with E-state index in [1.165, 1.54) is 42.5 Å². The number of anilines is 1. The van der Waals surface area contributed by atoms with Crippen LogP contribution in [0.1, 0.15) is 18.1 Å². The van der Waals surface area contributed by atoms with Crippen LogP contribution in [0.4, 0.5) is 19.3 Å². The highest BCUT2D eigenvalue weighted by Gasteiger charge is 2.36. The lowest BCUT2D eigenvalue weighted by molar-refractivity contribution is -0.127. The van der Waals surface area contributed by atoms with Crippen molar-refractivity contribution >= 4 is 52.2 Å². The van der Waals surface area contributed by atoms with E-state index in [4.69, 9.17) is 21.1 Å². The second-order valence-electron chi connectivity index (χ2n) is 8.00. The van der Waals surface area contributed by atoms with Crippen LogP contribution in [-0.4, -0.2) is 35.1 Å². The minimum atomic E-state index is -0.639. The van der Waals surface area contributed by atoms with Crippen molar-refractivity contribution in [2.75, 3.05) is 18.5 Å². The Labute approximate surface area is 226 Å². The van der Waals surface area contributed by atoms with Crippen molar-refractivity contribution < 1.29 is 32.6 Å². The highest BCUT2D eigenvalue weighted by Crippen LogP contribution is 2.39. The average molecular weight is 559 g/mol. The summed E-state index contributed by atoms with van der Waals surface area (Å²) in [6.07, 6.45) is 1.47. The molecular formula is C27H21ClF2N2O5S. The second kappa shape index (κ2) is 12.1. The van der Waals surface area contributed by atoms with Gasteiger partial charge in [0.05, 0.1) is 16.5 Å². The van der Waals surface area contributed by atoms with E-state index in [-0.39, 0.29) is 28.1 Å². The Morgan fingerprint density at radius 2 is 1.68 bits per heavy atom. The molecule has 3 aromatic rings. The SMILES string of the molecule is CCOc1cc(/C=C2\SC(=O)N(CC(=O)Nc3ccc(F)cc3)C2=O)cc(Cl)c1OCc1ccc(F)cc1. The Hall–Kier alpha value is -3.89. The molecule has 0 unspecified atom stereocenters. The minimum Gasteiger partial charge on any atom is -0.490 e. The van der Waals surface area contributed by atoms with E-state index in [0.29, 0.717) is 35.4 Å². The summed E-state index contributed by atoms with van der Waals surface area (Å²) in [5, 5.41) is 2.12. The summed E-state index contributed by atoms with van der Waals surface area (Å²) in [5.74, 6) is -1.46. The van der Waals surface area contributed by atoms with E-state index in [1.807, 2.05) is 0 Å². The summed E-state index contributed by atoms with van der Waals surface area (Å²) >= 11 is 7.14. The van der Waals surface area contributed by atoms with Crippen molar-refractivity contribution in [3.05, 3.63) is 93.4 Å². The molecule has 0 bridgehead atoms. The van der Waals surface area contributed by atoms with E-state index >= 15 is 0 Å². The molecule has 0 spiro atoms. The van der Waals surface area contributed by atoms with Crippen LogP contribution in [-0.2, 0) is 16.2 Å². The Morgan fingerprint density at radius 1 is 1.03 bits per heavy atom. The van der Waals surface area contributed by atoms with Gasteiger partial charge in [0.2, 0.25) is 5.91 Å². The van der Waals surface area contributed by atoms with Crippen LogP contribution in [0.5, 0.6) is 11.5 Å². The molecule has 0 aromatic heterocycles. The molecule has 196 valence electrons. The lowest BCUT2D eigenvalue weighted by Gasteiger charge is -2.15. The maximum absolute atomic E-state index is 13.2. The Morgan fingerprint density at radius 3 is 2.34 bits per heavy atom.